The van der Waals surface area contributed by atoms with Gasteiger partial charge in [0.1, 0.15) is 41.0 Å². The lowest BCUT2D eigenvalue weighted by Gasteiger charge is -2.29. The lowest BCUT2D eigenvalue weighted by Crippen LogP contribution is -2.40. The molecule has 45 heavy (non-hydrogen) atoms. The van der Waals surface area contributed by atoms with E-state index in [1.807, 2.05) is 4.90 Å². The van der Waals surface area contributed by atoms with Crippen molar-refractivity contribution in [2.24, 2.45) is 5.92 Å². The van der Waals surface area contributed by atoms with Crippen molar-refractivity contribution in [3.05, 3.63) is 40.5 Å². The standard InChI is InChI=1S/C32H32F3N7O2S/c33-17-4-6-41(13-17)7-8-44-32-39-29-26(31(40-32)42-12-16-3-5-38-11-18(42)9-16)21-15-43-14-20(21)25(28(29)35)27-22(34)1-2-23-24(27)19(10-36)30(37)45-23/h1-2,16-18,38H,3-9,11-15,37H2/t16?,17-,18?/m0/s1. The fourth-order valence-electron chi connectivity index (χ4n) is 7.57. The van der Waals surface area contributed by atoms with Gasteiger partial charge in [-0.2, -0.15) is 15.2 Å². The molecule has 0 spiro atoms. The van der Waals surface area contributed by atoms with Gasteiger partial charge >= 0.3 is 6.01 Å². The number of halogens is 3. The summed E-state index contributed by atoms with van der Waals surface area (Å²) in [5.74, 6) is -0.334. The number of nitrogen functional groups attached to an aromatic ring is 1. The first-order valence-electron chi connectivity index (χ1n) is 15.4. The predicted molar refractivity (Wildman–Crippen MR) is 166 cm³/mol. The molecule has 3 N–H and O–H groups in total. The molecule has 9 nitrogen and oxygen atoms in total. The number of anilines is 2. The van der Waals surface area contributed by atoms with Crippen LogP contribution in [0.25, 0.3) is 32.1 Å². The van der Waals surface area contributed by atoms with Gasteiger partial charge < -0.3 is 25.4 Å². The summed E-state index contributed by atoms with van der Waals surface area (Å²) in [6.45, 7) is 4.48. The van der Waals surface area contributed by atoms with E-state index in [2.05, 4.69) is 21.3 Å². The van der Waals surface area contributed by atoms with E-state index in [4.69, 9.17) is 20.2 Å². The Morgan fingerprint density at radius 3 is 2.82 bits per heavy atom. The van der Waals surface area contributed by atoms with Crippen LogP contribution < -0.4 is 20.7 Å². The van der Waals surface area contributed by atoms with E-state index in [0.717, 1.165) is 43.8 Å². The average Bonchev–Trinajstić information content (AvgIpc) is 3.79. The lowest BCUT2D eigenvalue weighted by atomic mass is 9.90. The molecule has 2 bridgehead atoms. The van der Waals surface area contributed by atoms with Crippen LogP contribution in [0.15, 0.2) is 12.1 Å². The Morgan fingerprint density at radius 2 is 2.00 bits per heavy atom. The summed E-state index contributed by atoms with van der Waals surface area (Å²) in [5, 5.41) is 14.5. The summed E-state index contributed by atoms with van der Waals surface area (Å²) in [6.07, 6.45) is 1.69. The molecule has 0 radical (unpaired) electrons. The van der Waals surface area contributed by atoms with Crippen LogP contribution in [0.3, 0.4) is 0 Å². The van der Waals surface area contributed by atoms with Crippen LogP contribution in [0.4, 0.5) is 24.0 Å². The summed E-state index contributed by atoms with van der Waals surface area (Å²) < 4.78 is 59.3. The number of nitriles is 1. The largest absolute Gasteiger partial charge is 0.462 e. The van der Waals surface area contributed by atoms with Crippen molar-refractivity contribution in [3.8, 4) is 23.2 Å². The molecule has 2 aromatic carbocycles. The Bertz CT molecular complexity index is 1880. The number of aromatic nitrogens is 2. The predicted octanol–water partition coefficient (Wildman–Crippen LogP) is 4.88. The molecule has 3 saturated heterocycles. The van der Waals surface area contributed by atoms with Crippen LogP contribution in [0.1, 0.15) is 36.0 Å². The van der Waals surface area contributed by atoms with Gasteiger partial charge in [-0.3, -0.25) is 4.90 Å². The Morgan fingerprint density at radius 1 is 1.13 bits per heavy atom. The van der Waals surface area contributed by atoms with Gasteiger partial charge in [-0.25, -0.2) is 13.2 Å². The van der Waals surface area contributed by atoms with Gasteiger partial charge in [-0.15, -0.1) is 11.3 Å². The smallest absolute Gasteiger partial charge is 0.319 e. The highest BCUT2D eigenvalue weighted by molar-refractivity contribution is 7.23. The van der Waals surface area contributed by atoms with Crippen LogP contribution in [0.2, 0.25) is 0 Å². The van der Waals surface area contributed by atoms with Gasteiger partial charge in [-0.05, 0) is 55.0 Å². The molecule has 3 atom stereocenters. The summed E-state index contributed by atoms with van der Waals surface area (Å²) in [7, 11) is 0. The number of hydrogen-bond acceptors (Lipinski definition) is 10. The Hall–Kier alpha value is -3.70. The number of benzene rings is 2. The minimum absolute atomic E-state index is 0.0144. The normalized spacial score (nSPS) is 23.2. The molecule has 3 fully saturated rings. The zero-order valence-electron chi connectivity index (χ0n) is 24.5. The van der Waals surface area contributed by atoms with E-state index in [1.54, 1.807) is 6.07 Å². The Kier molecular flexibility index (Phi) is 7.20. The molecule has 2 aromatic heterocycles. The second-order valence-electron chi connectivity index (χ2n) is 12.4. The molecule has 0 amide bonds. The van der Waals surface area contributed by atoms with Crippen molar-refractivity contribution in [2.75, 3.05) is 56.5 Å². The van der Waals surface area contributed by atoms with Crippen molar-refractivity contribution in [2.45, 2.75) is 44.7 Å². The second-order valence-corrected chi connectivity index (χ2v) is 13.5. The van der Waals surface area contributed by atoms with Crippen molar-refractivity contribution in [3.63, 3.8) is 0 Å². The Labute approximate surface area is 261 Å². The van der Waals surface area contributed by atoms with Crippen LogP contribution in [-0.2, 0) is 18.0 Å². The van der Waals surface area contributed by atoms with Crippen molar-refractivity contribution in [1.29, 1.82) is 5.26 Å². The maximum Gasteiger partial charge on any atom is 0.319 e. The number of hydrogen-bond donors (Lipinski definition) is 2. The van der Waals surface area contributed by atoms with E-state index in [-0.39, 0.29) is 64.5 Å². The topological polar surface area (TPSA) is 113 Å². The molecule has 0 aliphatic carbocycles. The third kappa shape index (κ3) is 4.77. The first-order chi connectivity index (χ1) is 21.9. The van der Waals surface area contributed by atoms with Crippen LogP contribution >= 0.6 is 11.3 Å². The van der Waals surface area contributed by atoms with Crippen molar-refractivity contribution < 1.29 is 22.6 Å². The number of nitrogens with one attached hydrogen (secondary N) is 1. The number of thiophene rings is 1. The molecule has 4 aliphatic rings. The summed E-state index contributed by atoms with van der Waals surface area (Å²) >= 11 is 1.16. The van der Waals surface area contributed by atoms with Crippen molar-refractivity contribution in [1.82, 2.24) is 20.2 Å². The van der Waals surface area contributed by atoms with E-state index < -0.39 is 17.8 Å². The van der Waals surface area contributed by atoms with Gasteiger partial charge in [0.2, 0.25) is 0 Å². The van der Waals surface area contributed by atoms with E-state index in [1.165, 1.54) is 6.07 Å². The first kappa shape index (κ1) is 28.8. The van der Waals surface area contributed by atoms with E-state index >= 15 is 8.78 Å². The quantitative estimate of drug-likeness (QED) is 0.306. The summed E-state index contributed by atoms with van der Waals surface area (Å²) in [5.41, 5.74) is 7.51. The number of alkyl halides is 1. The zero-order chi connectivity index (χ0) is 30.8. The number of nitrogens with zero attached hydrogens (tertiary/aromatic N) is 5. The second kappa shape index (κ2) is 11.3. The lowest BCUT2D eigenvalue weighted by molar-refractivity contribution is 0.135. The number of rotatable bonds is 6. The number of ether oxygens (including phenoxy) is 2. The number of likely N-dealkylation sites (tertiary alicyclic amines) is 1. The fourth-order valence-corrected chi connectivity index (χ4v) is 8.50. The van der Waals surface area contributed by atoms with Gasteiger partial charge in [0.15, 0.2) is 5.82 Å². The van der Waals surface area contributed by atoms with E-state index in [0.29, 0.717) is 59.0 Å². The van der Waals surface area contributed by atoms with Gasteiger partial charge in [0.05, 0.1) is 24.2 Å². The highest BCUT2D eigenvalue weighted by Gasteiger charge is 2.38. The van der Waals surface area contributed by atoms with Gasteiger partial charge in [-0.1, -0.05) is 0 Å². The molecule has 8 rings (SSSR count). The SMILES string of the molecule is N#Cc1c(N)sc2ccc(F)c(-c3c4c(c5c(N6CC7CCNCC6C7)nc(OCCN6CC[C@H](F)C6)nc5c3F)COC4)c12. The van der Waals surface area contributed by atoms with Gasteiger partial charge in [0.25, 0.3) is 0 Å². The minimum atomic E-state index is -0.845. The van der Waals surface area contributed by atoms with Crippen molar-refractivity contribution >= 4 is 43.1 Å². The summed E-state index contributed by atoms with van der Waals surface area (Å²) in [6, 6.07) is 5.11. The fraction of sp³-hybridized carbons (Fsp3) is 0.469. The molecular formula is C32H32F3N7O2S. The maximum absolute atomic E-state index is 17.2. The molecule has 13 heteroatoms. The Balaban J connectivity index is 1.33. The molecule has 0 saturated carbocycles. The van der Waals surface area contributed by atoms with Gasteiger partial charge in [0, 0.05) is 60.0 Å². The third-order valence-corrected chi connectivity index (χ3v) is 10.7. The molecule has 234 valence electrons. The first-order valence-corrected chi connectivity index (χ1v) is 16.2. The van der Waals surface area contributed by atoms with Crippen LogP contribution in [0, 0.1) is 28.9 Å². The van der Waals surface area contributed by atoms with Crippen LogP contribution in [-0.4, -0.2) is 73.0 Å². The molecule has 6 heterocycles. The van der Waals surface area contributed by atoms with E-state index in [9.17, 15) is 9.65 Å². The minimum Gasteiger partial charge on any atom is -0.462 e. The monoisotopic (exact) mass is 635 g/mol. The molecule has 4 aliphatic heterocycles. The van der Waals surface area contributed by atoms with Crippen LogP contribution in [0.5, 0.6) is 6.01 Å². The summed E-state index contributed by atoms with van der Waals surface area (Å²) in [4.78, 5) is 13.7. The zero-order valence-corrected chi connectivity index (χ0v) is 25.4. The molecule has 4 aromatic rings. The number of nitrogens with two attached hydrogens (primary N) is 1. The average molecular weight is 636 g/mol. The molecule has 2 unspecified atom stereocenters. The molecular weight excluding hydrogens is 603 g/mol. The highest BCUT2D eigenvalue weighted by atomic mass is 32.1. The highest BCUT2D eigenvalue weighted by Crippen LogP contribution is 2.48. The maximum atomic E-state index is 17.2. The number of fused-ring (bicyclic) bond motifs is 6. The third-order valence-electron chi connectivity index (χ3n) is 9.69.